The van der Waals surface area contributed by atoms with Gasteiger partial charge in [0.05, 0.1) is 0 Å². The lowest BCUT2D eigenvalue weighted by Crippen LogP contribution is -2.27. The van der Waals surface area contributed by atoms with Crippen LogP contribution in [0.3, 0.4) is 0 Å². The summed E-state index contributed by atoms with van der Waals surface area (Å²) in [5.41, 5.74) is 7.63. The minimum Gasteiger partial charge on any atom is -0.330 e. The van der Waals surface area contributed by atoms with E-state index in [1.54, 1.807) is 12.1 Å². The molecule has 0 heterocycles. The van der Waals surface area contributed by atoms with Gasteiger partial charge in [-0.15, -0.1) is 6.58 Å². The monoisotopic (exact) mass is 207 g/mol. The lowest BCUT2D eigenvalue weighted by atomic mass is 9.82. The lowest BCUT2D eigenvalue weighted by Gasteiger charge is -2.24. The van der Waals surface area contributed by atoms with E-state index in [2.05, 4.69) is 6.58 Å². The quantitative estimate of drug-likeness (QED) is 0.755. The van der Waals surface area contributed by atoms with Crippen LogP contribution < -0.4 is 5.73 Å². The van der Waals surface area contributed by atoms with E-state index < -0.39 is 0 Å². The largest absolute Gasteiger partial charge is 0.330 e. The number of rotatable bonds is 4. The third-order valence-corrected chi connectivity index (χ3v) is 2.86. The molecule has 82 valence electrons. The number of aryl methyl sites for hydroxylation is 1. The van der Waals surface area contributed by atoms with E-state index in [0.717, 1.165) is 17.5 Å². The molecular formula is C13H18FN. The smallest absolute Gasteiger partial charge is 0.123 e. The molecule has 1 aromatic carbocycles. The zero-order valence-electron chi connectivity index (χ0n) is 9.39. The first-order valence-electron chi connectivity index (χ1n) is 5.09. The molecule has 15 heavy (non-hydrogen) atoms. The fraction of sp³-hybridized carbons (Fsp3) is 0.385. The van der Waals surface area contributed by atoms with Crippen LogP contribution in [-0.4, -0.2) is 6.54 Å². The molecular weight excluding hydrogens is 189 g/mol. The van der Waals surface area contributed by atoms with Gasteiger partial charge in [0.2, 0.25) is 0 Å². The second-order valence-electron chi connectivity index (χ2n) is 4.31. The summed E-state index contributed by atoms with van der Waals surface area (Å²) in [6.45, 7) is 8.31. The zero-order chi connectivity index (χ0) is 11.5. The maximum absolute atomic E-state index is 13.1. The molecule has 0 saturated heterocycles. The molecule has 1 aromatic rings. The normalized spacial score (nSPS) is 14.7. The molecule has 0 spiro atoms. The summed E-state index contributed by atoms with van der Waals surface area (Å²) in [6, 6.07) is 4.85. The van der Waals surface area contributed by atoms with Gasteiger partial charge in [0, 0.05) is 12.0 Å². The van der Waals surface area contributed by atoms with Gasteiger partial charge in [0.1, 0.15) is 5.82 Å². The number of halogens is 1. The molecule has 1 rings (SSSR count). The van der Waals surface area contributed by atoms with Crippen molar-refractivity contribution in [2.45, 2.75) is 20.3 Å². The highest BCUT2D eigenvalue weighted by Gasteiger charge is 2.19. The molecule has 1 unspecified atom stereocenters. The van der Waals surface area contributed by atoms with Gasteiger partial charge in [-0.05, 0) is 36.6 Å². The summed E-state index contributed by atoms with van der Waals surface area (Å²) < 4.78 is 13.1. The minimum atomic E-state index is -0.195. The maximum atomic E-state index is 13.1. The average Bonchev–Trinajstić information content (AvgIpc) is 2.23. The Morgan fingerprint density at radius 3 is 2.73 bits per heavy atom. The van der Waals surface area contributed by atoms with Crippen LogP contribution in [0.1, 0.15) is 18.1 Å². The molecule has 0 bridgehead atoms. The second kappa shape index (κ2) is 4.58. The summed E-state index contributed by atoms with van der Waals surface area (Å²) >= 11 is 0. The van der Waals surface area contributed by atoms with Crippen LogP contribution in [0.2, 0.25) is 0 Å². The molecule has 0 amide bonds. The molecule has 0 aliphatic heterocycles. The van der Waals surface area contributed by atoms with Crippen LogP contribution in [0.15, 0.2) is 30.9 Å². The van der Waals surface area contributed by atoms with Gasteiger partial charge in [-0.3, -0.25) is 0 Å². The van der Waals surface area contributed by atoms with Crippen LogP contribution in [0, 0.1) is 18.2 Å². The lowest BCUT2D eigenvalue weighted by molar-refractivity contribution is 0.437. The van der Waals surface area contributed by atoms with Crippen LogP contribution in [0.5, 0.6) is 0 Å². The summed E-state index contributed by atoms with van der Waals surface area (Å²) in [5, 5.41) is 0. The van der Waals surface area contributed by atoms with Gasteiger partial charge in [0.25, 0.3) is 0 Å². The first kappa shape index (κ1) is 11.9. The maximum Gasteiger partial charge on any atom is 0.123 e. The van der Waals surface area contributed by atoms with Crippen LogP contribution >= 0.6 is 0 Å². The van der Waals surface area contributed by atoms with Gasteiger partial charge in [-0.1, -0.05) is 19.1 Å². The van der Waals surface area contributed by atoms with Gasteiger partial charge < -0.3 is 5.73 Å². The summed E-state index contributed by atoms with van der Waals surface area (Å²) in [6.07, 6.45) is 2.58. The standard InChI is InChI=1S/C13H18FN/c1-4-13(3,9-15)8-11-7-12(14)6-5-10(11)2/h4-7H,1,8-9,15H2,2-3H3. The first-order valence-corrected chi connectivity index (χ1v) is 5.09. The number of hydrogen-bond donors (Lipinski definition) is 1. The fourth-order valence-electron chi connectivity index (χ4n) is 1.49. The molecule has 0 aliphatic carbocycles. The average molecular weight is 207 g/mol. The van der Waals surface area contributed by atoms with Gasteiger partial charge in [0.15, 0.2) is 0 Å². The van der Waals surface area contributed by atoms with Gasteiger partial charge >= 0.3 is 0 Å². The highest BCUT2D eigenvalue weighted by molar-refractivity contribution is 5.28. The Hall–Kier alpha value is -1.15. The minimum absolute atomic E-state index is 0.154. The van der Waals surface area contributed by atoms with Gasteiger partial charge in [-0.2, -0.15) is 0 Å². The van der Waals surface area contributed by atoms with E-state index in [1.807, 2.05) is 19.9 Å². The van der Waals surface area contributed by atoms with Crippen molar-refractivity contribution in [2.24, 2.45) is 11.1 Å². The first-order chi connectivity index (χ1) is 7.00. The molecule has 0 fully saturated rings. The van der Waals surface area contributed by atoms with Crippen molar-refractivity contribution in [3.63, 3.8) is 0 Å². The molecule has 0 radical (unpaired) electrons. The highest BCUT2D eigenvalue weighted by Crippen LogP contribution is 2.24. The van der Waals surface area contributed by atoms with E-state index in [0.29, 0.717) is 6.54 Å². The molecule has 0 aromatic heterocycles. The van der Waals surface area contributed by atoms with Crippen molar-refractivity contribution in [2.75, 3.05) is 6.54 Å². The van der Waals surface area contributed by atoms with Crippen molar-refractivity contribution in [1.82, 2.24) is 0 Å². The van der Waals surface area contributed by atoms with Crippen molar-refractivity contribution in [3.05, 3.63) is 47.8 Å². The molecule has 1 atom stereocenters. The topological polar surface area (TPSA) is 26.0 Å². The zero-order valence-corrected chi connectivity index (χ0v) is 9.39. The van der Waals surface area contributed by atoms with Crippen molar-refractivity contribution in [1.29, 1.82) is 0 Å². The van der Waals surface area contributed by atoms with Crippen molar-refractivity contribution < 1.29 is 4.39 Å². The van der Waals surface area contributed by atoms with Gasteiger partial charge in [-0.25, -0.2) is 4.39 Å². The SMILES string of the molecule is C=CC(C)(CN)Cc1cc(F)ccc1C. The van der Waals surface area contributed by atoms with E-state index in [1.165, 1.54) is 6.07 Å². The molecule has 0 saturated carbocycles. The van der Waals surface area contributed by atoms with E-state index in [-0.39, 0.29) is 11.2 Å². The fourth-order valence-corrected chi connectivity index (χ4v) is 1.49. The van der Waals surface area contributed by atoms with Crippen molar-refractivity contribution >= 4 is 0 Å². The van der Waals surface area contributed by atoms with Crippen LogP contribution in [0.4, 0.5) is 4.39 Å². The molecule has 2 heteroatoms. The van der Waals surface area contributed by atoms with Crippen LogP contribution in [0.25, 0.3) is 0 Å². The predicted molar refractivity (Wildman–Crippen MR) is 62.2 cm³/mol. The Labute approximate surface area is 90.8 Å². The Morgan fingerprint density at radius 1 is 1.53 bits per heavy atom. The molecule has 2 N–H and O–H groups in total. The molecule has 1 nitrogen and oxygen atoms in total. The summed E-state index contributed by atoms with van der Waals surface area (Å²) in [7, 11) is 0. The Balaban J connectivity index is 2.97. The van der Waals surface area contributed by atoms with Crippen molar-refractivity contribution in [3.8, 4) is 0 Å². The molecule has 0 aliphatic rings. The third kappa shape index (κ3) is 2.90. The predicted octanol–water partition coefficient (Wildman–Crippen LogP) is 2.83. The highest BCUT2D eigenvalue weighted by atomic mass is 19.1. The Morgan fingerprint density at radius 2 is 2.20 bits per heavy atom. The van der Waals surface area contributed by atoms with E-state index in [4.69, 9.17) is 5.73 Å². The second-order valence-corrected chi connectivity index (χ2v) is 4.31. The summed E-state index contributed by atoms with van der Waals surface area (Å²) in [5.74, 6) is -0.195. The Kier molecular flexibility index (Phi) is 3.64. The van der Waals surface area contributed by atoms with E-state index in [9.17, 15) is 4.39 Å². The number of benzene rings is 1. The summed E-state index contributed by atoms with van der Waals surface area (Å²) in [4.78, 5) is 0. The van der Waals surface area contributed by atoms with Crippen LogP contribution in [-0.2, 0) is 6.42 Å². The number of nitrogens with two attached hydrogens (primary N) is 1. The third-order valence-electron chi connectivity index (χ3n) is 2.86. The number of hydrogen-bond acceptors (Lipinski definition) is 1. The Bertz CT molecular complexity index is 360. The van der Waals surface area contributed by atoms with E-state index >= 15 is 0 Å².